The zero-order chi connectivity index (χ0) is 12.7. The van der Waals surface area contributed by atoms with Crippen molar-refractivity contribution in [1.29, 1.82) is 5.26 Å². The Kier molecular flexibility index (Phi) is 5.47. The molecule has 1 unspecified atom stereocenters. The summed E-state index contributed by atoms with van der Waals surface area (Å²) in [6.07, 6.45) is 7.78. The predicted molar refractivity (Wildman–Crippen MR) is 68.2 cm³/mol. The molecular weight excluding hydrogens is 212 g/mol. The van der Waals surface area contributed by atoms with E-state index in [4.69, 9.17) is 5.26 Å². The second-order valence-electron chi connectivity index (χ2n) is 5.56. The number of carbonyl (C=O) groups is 1. The van der Waals surface area contributed by atoms with Crippen LogP contribution >= 0.6 is 0 Å². The Labute approximate surface area is 105 Å². The van der Waals surface area contributed by atoms with Crippen molar-refractivity contribution >= 4 is 5.91 Å². The van der Waals surface area contributed by atoms with Crippen molar-refractivity contribution < 1.29 is 4.79 Å². The van der Waals surface area contributed by atoms with Crippen molar-refractivity contribution in [3.63, 3.8) is 0 Å². The fourth-order valence-electron chi connectivity index (χ4n) is 2.55. The first-order valence-corrected chi connectivity index (χ1v) is 6.78. The highest BCUT2D eigenvalue weighted by atomic mass is 16.1. The van der Waals surface area contributed by atoms with Crippen LogP contribution in [0.4, 0.5) is 0 Å². The molecule has 3 nitrogen and oxygen atoms in total. The van der Waals surface area contributed by atoms with Gasteiger partial charge in [-0.25, -0.2) is 0 Å². The van der Waals surface area contributed by atoms with Crippen LogP contribution in [-0.4, -0.2) is 12.5 Å². The Bertz CT molecular complexity index is 287. The second-order valence-corrected chi connectivity index (χ2v) is 5.56. The third-order valence-electron chi connectivity index (χ3n) is 3.80. The molecule has 1 rings (SSSR count). The lowest BCUT2D eigenvalue weighted by Gasteiger charge is -2.33. The van der Waals surface area contributed by atoms with Gasteiger partial charge in [0.05, 0.1) is 6.07 Å². The summed E-state index contributed by atoms with van der Waals surface area (Å²) in [4.78, 5) is 11.8. The van der Waals surface area contributed by atoms with Gasteiger partial charge in [-0.2, -0.15) is 5.26 Å². The van der Waals surface area contributed by atoms with E-state index in [1.807, 2.05) is 6.92 Å². The standard InChI is InChI=1S/C14H24N2O/c1-3-7-12(10-15)13(17)16-11-14(2)8-5-4-6-9-14/h12H,3-9,11H2,1-2H3,(H,16,17). The first-order chi connectivity index (χ1) is 8.11. The molecule has 0 radical (unpaired) electrons. The first-order valence-electron chi connectivity index (χ1n) is 6.78. The van der Waals surface area contributed by atoms with Crippen LogP contribution in [0.5, 0.6) is 0 Å². The number of nitrogens with one attached hydrogen (secondary N) is 1. The lowest BCUT2D eigenvalue weighted by molar-refractivity contribution is -0.124. The molecule has 1 aliphatic carbocycles. The quantitative estimate of drug-likeness (QED) is 0.797. The summed E-state index contributed by atoms with van der Waals surface area (Å²) < 4.78 is 0. The number of rotatable bonds is 5. The van der Waals surface area contributed by atoms with Crippen LogP contribution in [-0.2, 0) is 4.79 Å². The van der Waals surface area contributed by atoms with Gasteiger partial charge in [0.2, 0.25) is 5.91 Å². The summed E-state index contributed by atoms with van der Waals surface area (Å²) in [6.45, 7) is 4.97. The van der Waals surface area contributed by atoms with Crippen molar-refractivity contribution in [2.24, 2.45) is 11.3 Å². The molecule has 0 saturated heterocycles. The SMILES string of the molecule is CCCC(C#N)C(=O)NCC1(C)CCCCC1. The van der Waals surface area contributed by atoms with Gasteiger partial charge < -0.3 is 5.32 Å². The Balaban J connectivity index is 2.38. The highest BCUT2D eigenvalue weighted by Crippen LogP contribution is 2.34. The molecule has 0 aliphatic heterocycles. The van der Waals surface area contributed by atoms with E-state index < -0.39 is 5.92 Å². The lowest BCUT2D eigenvalue weighted by atomic mass is 9.75. The summed E-state index contributed by atoms with van der Waals surface area (Å²) in [6, 6.07) is 2.09. The molecule has 0 bridgehead atoms. The molecule has 1 N–H and O–H groups in total. The summed E-state index contributed by atoms with van der Waals surface area (Å²) in [5.74, 6) is -0.548. The summed E-state index contributed by atoms with van der Waals surface area (Å²) in [5, 5.41) is 11.9. The smallest absolute Gasteiger partial charge is 0.237 e. The highest BCUT2D eigenvalue weighted by molar-refractivity contribution is 5.81. The minimum absolute atomic E-state index is 0.0823. The van der Waals surface area contributed by atoms with Gasteiger partial charge in [-0.15, -0.1) is 0 Å². The fourth-order valence-corrected chi connectivity index (χ4v) is 2.55. The Hall–Kier alpha value is -1.04. The van der Waals surface area contributed by atoms with Crippen LogP contribution in [0.2, 0.25) is 0 Å². The monoisotopic (exact) mass is 236 g/mol. The van der Waals surface area contributed by atoms with Crippen LogP contribution in [0.1, 0.15) is 58.8 Å². The van der Waals surface area contributed by atoms with Crippen LogP contribution in [0.15, 0.2) is 0 Å². The molecule has 3 heteroatoms. The molecule has 0 aromatic carbocycles. The molecule has 17 heavy (non-hydrogen) atoms. The first kappa shape index (κ1) is 14.0. The van der Waals surface area contributed by atoms with Gasteiger partial charge in [0.25, 0.3) is 0 Å². The summed E-state index contributed by atoms with van der Waals surface area (Å²) in [7, 11) is 0. The van der Waals surface area contributed by atoms with Crippen molar-refractivity contribution in [3.05, 3.63) is 0 Å². The van der Waals surface area contributed by atoms with E-state index in [-0.39, 0.29) is 11.3 Å². The summed E-state index contributed by atoms with van der Waals surface area (Å²) >= 11 is 0. The third-order valence-corrected chi connectivity index (χ3v) is 3.80. The average Bonchev–Trinajstić information content (AvgIpc) is 2.34. The molecule has 1 fully saturated rings. The Morgan fingerprint density at radius 1 is 1.41 bits per heavy atom. The zero-order valence-corrected chi connectivity index (χ0v) is 11.1. The van der Waals surface area contributed by atoms with Gasteiger partial charge in [0, 0.05) is 6.54 Å². The van der Waals surface area contributed by atoms with Gasteiger partial charge in [-0.3, -0.25) is 4.79 Å². The van der Waals surface area contributed by atoms with E-state index in [1.165, 1.54) is 32.1 Å². The average molecular weight is 236 g/mol. The maximum atomic E-state index is 11.8. The molecule has 0 spiro atoms. The van der Waals surface area contributed by atoms with E-state index in [2.05, 4.69) is 18.3 Å². The van der Waals surface area contributed by atoms with Crippen molar-refractivity contribution in [2.75, 3.05) is 6.54 Å². The van der Waals surface area contributed by atoms with E-state index in [0.717, 1.165) is 13.0 Å². The zero-order valence-electron chi connectivity index (χ0n) is 11.1. The van der Waals surface area contributed by atoms with Crippen molar-refractivity contribution in [3.8, 4) is 6.07 Å². The van der Waals surface area contributed by atoms with E-state index in [0.29, 0.717) is 6.42 Å². The minimum Gasteiger partial charge on any atom is -0.354 e. The number of nitrogens with zero attached hydrogens (tertiary/aromatic N) is 1. The van der Waals surface area contributed by atoms with Gasteiger partial charge in [-0.1, -0.05) is 39.5 Å². The van der Waals surface area contributed by atoms with Crippen LogP contribution in [0, 0.1) is 22.7 Å². The number of amides is 1. The van der Waals surface area contributed by atoms with Crippen LogP contribution in [0.25, 0.3) is 0 Å². The predicted octanol–water partition coefficient (Wildman–Crippen LogP) is 3.01. The number of carbonyl (C=O) groups excluding carboxylic acids is 1. The topological polar surface area (TPSA) is 52.9 Å². The molecular formula is C14H24N2O. The van der Waals surface area contributed by atoms with Crippen LogP contribution in [0.3, 0.4) is 0 Å². The lowest BCUT2D eigenvalue weighted by Crippen LogP contribution is -2.39. The molecule has 0 heterocycles. The van der Waals surface area contributed by atoms with Crippen LogP contribution < -0.4 is 5.32 Å². The van der Waals surface area contributed by atoms with Crippen molar-refractivity contribution in [1.82, 2.24) is 5.32 Å². The van der Waals surface area contributed by atoms with Gasteiger partial charge in [0.1, 0.15) is 5.92 Å². The largest absolute Gasteiger partial charge is 0.354 e. The van der Waals surface area contributed by atoms with Gasteiger partial charge in [-0.05, 0) is 24.7 Å². The minimum atomic E-state index is -0.466. The van der Waals surface area contributed by atoms with Gasteiger partial charge >= 0.3 is 0 Å². The molecule has 96 valence electrons. The van der Waals surface area contributed by atoms with Gasteiger partial charge in [0.15, 0.2) is 0 Å². The Morgan fingerprint density at radius 3 is 2.59 bits per heavy atom. The fraction of sp³-hybridized carbons (Fsp3) is 0.857. The van der Waals surface area contributed by atoms with E-state index >= 15 is 0 Å². The van der Waals surface area contributed by atoms with Crippen molar-refractivity contribution in [2.45, 2.75) is 58.8 Å². The van der Waals surface area contributed by atoms with E-state index in [1.54, 1.807) is 0 Å². The number of hydrogen-bond acceptors (Lipinski definition) is 2. The second kappa shape index (κ2) is 6.64. The Morgan fingerprint density at radius 2 is 2.06 bits per heavy atom. The number of hydrogen-bond donors (Lipinski definition) is 1. The number of nitriles is 1. The summed E-state index contributed by atoms with van der Waals surface area (Å²) in [5.41, 5.74) is 0.250. The molecule has 0 aromatic heterocycles. The maximum Gasteiger partial charge on any atom is 0.237 e. The maximum absolute atomic E-state index is 11.8. The molecule has 1 atom stereocenters. The normalized spacial score (nSPS) is 20.3. The third kappa shape index (κ3) is 4.38. The highest BCUT2D eigenvalue weighted by Gasteiger charge is 2.28. The molecule has 1 amide bonds. The molecule has 1 aliphatic rings. The molecule has 1 saturated carbocycles. The van der Waals surface area contributed by atoms with E-state index in [9.17, 15) is 4.79 Å². The molecule has 0 aromatic rings.